The second kappa shape index (κ2) is 6.06. The number of ether oxygens (including phenoxy) is 3. The van der Waals surface area contributed by atoms with Crippen LogP contribution in [0.2, 0.25) is 0 Å². The van der Waals surface area contributed by atoms with Gasteiger partial charge in [0.2, 0.25) is 5.75 Å². The van der Waals surface area contributed by atoms with E-state index in [0.29, 0.717) is 17.2 Å². The first-order valence-electron chi connectivity index (χ1n) is 6.10. The van der Waals surface area contributed by atoms with E-state index in [1.54, 1.807) is 21.3 Å². The fourth-order valence-corrected chi connectivity index (χ4v) is 1.89. The van der Waals surface area contributed by atoms with E-state index >= 15 is 0 Å². The lowest BCUT2D eigenvalue weighted by molar-refractivity contribution is 0.324. The first-order chi connectivity index (χ1) is 9.67. The van der Waals surface area contributed by atoms with E-state index in [1.165, 1.54) is 0 Å². The van der Waals surface area contributed by atoms with Gasteiger partial charge in [0.15, 0.2) is 11.5 Å². The molecule has 0 heterocycles. The zero-order valence-electron chi connectivity index (χ0n) is 11.8. The van der Waals surface area contributed by atoms with Crippen molar-refractivity contribution < 1.29 is 14.2 Å². The van der Waals surface area contributed by atoms with Crippen LogP contribution in [0.1, 0.15) is 0 Å². The quantitative estimate of drug-likeness (QED) is 0.820. The van der Waals surface area contributed by atoms with Crippen molar-refractivity contribution in [1.29, 1.82) is 0 Å². The van der Waals surface area contributed by atoms with Crippen molar-refractivity contribution in [3.8, 4) is 17.2 Å². The molecule has 0 amide bonds. The lowest BCUT2D eigenvalue weighted by atomic mass is 10.2. The molecular weight excluding hydrogens is 256 g/mol. The van der Waals surface area contributed by atoms with Crippen LogP contribution >= 0.6 is 0 Å². The summed E-state index contributed by atoms with van der Waals surface area (Å²) in [5, 5.41) is 3.26. The van der Waals surface area contributed by atoms with Crippen LogP contribution in [0.25, 0.3) is 0 Å². The molecule has 0 aliphatic carbocycles. The van der Waals surface area contributed by atoms with Crippen molar-refractivity contribution in [2.75, 3.05) is 32.4 Å². The Morgan fingerprint density at radius 2 is 1.35 bits per heavy atom. The Morgan fingerprint density at radius 3 is 1.80 bits per heavy atom. The van der Waals surface area contributed by atoms with Crippen molar-refractivity contribution in [2.24, 2.45) is 0 Å². The molecule has 20 heavy (non-hydrogen) atoms. The van der Waals surface area contributed by atoms with E-state index in [4.69, 9.17) is 19.9 Å². The van der Waals surface area contributed by atoms with E-state index in [9.17, 15) is 0 Å². The van der Waals surface area contributed by atoms with E-state index in [2.05, 4.69) is 5.32 Å². The molecular formula is C15H18N2O3. The molecule has 0 unspecified atom stereocenters. The third kappa shape index (κ3) is 2.88. The number of anilines is 3. The number of methoxy groups -OCH3 is 3. The third-order valence-electron chi connectivity index (χ3n) is 2.86. The molecule has 0 aliphatic rings. The van der Waals surface area contributed by atoms with Gasteiger partial charge in [-0.15, -0.1) is 0 Å². The summed E-state index contributed by atoms with van der Waals surface area (Å²) in [5.74, 6) is 1.77. The standard InChI is InChI=1S/C15H18N2O3/c1-18-13-8-12(9-14(19-2)15(13)20-3)17-11-6-4-10(16)5-7-11/h4-9,17H,16H2,1-3H3. The smallest absolute Gasteiger partial charge is 0.203 e. The molecule has 0 aliphatic heterocycles. The van der Waals surface area contributed by atoms with Gasteiger partial charge in [-0.05, 0) is 24.3 Å². The van der Waals surface area contributed by atoms with Crippen molar-refractivity contribution in [1.82, 2.24) is 0 Å². The summed E-state index contributed by atoms with van der Waals surface area (Å²) in [6, 6.07) is 11.2. The Labute approximate surface area is 118 Å². The Bertz CT molecular complexity index is 557. The SMILES string of the molecule is COc1cc(Nc2ccc(N)cc2)cc(OC)c1OC. The van der Waals surface area contributed by atoms with Crippen LogP contribution in [0.15, 0.2) is 36.4 Å². The molecule has 106 valence electrons. The zero-order chi connectivity index (χ0) is 14.5. The summed E-state index contributed by atoms with van der Waals surface area (Å²) in [7, 11) is 4.75. The predicted molar refractivity (Wildman–Crippen MR) is 80.2 cm³/mol. The number of benzene rings is 2. The van der Waals surface area contributed by atoms with Crippen LogP contribution in [0.3, 0.4) is 0 Å². The van der Waals surface area contributed by atoms with Gasteiger partial charge in [0.1, 0.15) is 0 Å². The predicted octanol–water partition coefficient (Wildman–Crippen LogP) is 3.04. The highest BCUT2D eigenvalue weighted by atomic mass is 16.5. The molecule has 0 aromatic heterocycles. The van der Waals surface area contributed by atoms with Crippen LogP contribution in [0.4, 0.5) is 17.1 Å². The Kier molecular flexibility index (Phi) is 4.20. The summed E-state index contributed by atoms with van der Waals surface area (Å²) in [4.78, 5) is 0. The van der Waals surface area contributed by atoms with Gasteiger partial charge in [-0.2, -0.15) is 0 Å². The molecule has 0 saturated heterocycles. The van der Waals surface area contributed by atoms with Crippen molar-refractivity contribution >= 4 is 17.1 Å². The van der Waals surface area contributed by atoms with E-state index < -0.39 is 0 Å². The van der Waals surface area contributed by atoms with Gasteiger partial charge in [0, 0.05) is 29.2 Å². The largest absolute Gasteiger partial charge is 0.493 e. The number of nitrogens with one attached hydrogen (secondary N) is 1. The molecule has 2 rings (SSSR count). The molecule has 3 N–H and O–H groups in total. The molecule has 0 fully saturated rings. The average molecular weight is 274 g/mol. The van der Waals surface area contributed by atoms with Crippen LogP contribution < -0.4 is 25.3 Å². The number of hydrogen-bond donors (Lipinski definition) is 2. The summed E-state index contributed by atoms with van der Waals surface area (Å²) in [6.07, 6.45) is 0. The lowest BCUT2D eigenvalue weighted by Crippen LogP contribution is -1.98. The fraction of sp³-hybridized carbons (Fsp3) is 0.200. The second-order valence-electron chi connectivity index (χ2n) is 4.16. The monoisotopic (exact) mass is 274 g/mol. The Morgan fingerprint density at radius 1 is 0.800 bits per heavy atom. The topological polar surface area (TPSA) is 65.7 Å². The van der Waals surface area contributed by atoms with E-state index in [1.807, 2.05) is 36.4 Å². The first kappa shape index (κ1) is 13.9. The first-order valence-corrected chi connectivity index (χ1v) is 6.10. The number of nitrogen functional groups attached to an aromatic ring is 1. The molecule has 2 aromatic carbocycles. The summed E-state index contributed by atoms with van der Waals surface area (Å²) < 4.78 is 15.9. The van der Waals surface area contributed by atoms with Gasteiger partial charge in [-0.3, -0.25) is 0 Å². The van der Waals surface area contributed by atoms with Crippen LogP contribution in [-0.2, 0) is 0 Å². The van der Waals surface area contributed by atoms with E-state index in [0.717, 1.165) is 17.1 Å². The highest BCUT2D eigenvalue weighted by Gasteiger charge is 2.13. The van der Waals surface area contributed by atoms with Gasteiger partial charge in [0.25, 0.3) is 0 Å². The van der Waals surface area contributed by atoms with Crippen molar-refractivity contribution in [3.05, 3.63) is 36.4 Å². The zero-order valence-corrected chi connectivity index (χ0v) is 11.8. The molecule has 0 radical (unpaired) electrons. The van der Waals surface area contributed by atoms with Crippen molar-refractivity contribution in [3.63, 3.8) is 0 Å². The van der Waals surface area contributed by atoms with Crippen LogP contribution in [0.5, 0.6) is 17.2 Å². The van der Waals surface area contributed by atoms with Gasteiger partial charge in [0.05, 0.1) is 21.3 Å². The minimum absolute atomic E-state index is 0.567. The van der Waals surface area contributed by atoms with Gasteiger partial charge >= 0.3 is 0 Å². The molecule has 5 heteroatoms. The third-order valence-corrected chi connectivity index (χ3v) is 2.86. The number of nitrogens with two attached hydrogens (primary N) is 1. The van der Waals surface area contributed by atoms with Crippen LogP contribution in [-0.4, -0.2) is 21.3 Å². The normalized spacial score (nSPS) is 9.95. The highest BCUT2D eigenvalue weighted by molar-refractivity contribution is 5.68. The second-order valence-corrected chi connectivity index (χ2v) is 4.16. The summed E-state index contributed by atoms with van der Waals surface area (Å²) in [6.45, 7) is 0. The summed E-state index contributed by atoms with van der Waals surface area (Å²) >= 11 is 0. The molecule has 0 saturated carbocycles. The minimum Gasteiger partial charge on any atom is -0.493 e. The summed E-state index contributed by atoms with van der Waals surface area (Å²) in [5.41, 5.74) is 8.15. The Balaban J connectivity index is 2.34. The maximum atomic E-state index is 5.66. The highest BCUT2D eigenvalue weighted by Crippen LogP contribution is 2.40. The van der Waals surface area contributed by atoms with Gasteiger partial charge in [-0.25, -0.2) is 0 Å². The lowest BCUT2D eigenvalue weighted by Gasteiger charge is -2.15. The van der Waals surface area contributed by atoms with Gasteiger partial charge in [-0.1, -0.05) is 0 Å². The maximum absolute atomic E-state index is 5.66. The van der Waals surface area contributed by atoms with Crippen LogP contribution in [0, 0.1) is 0 Å². The Hall–Kier alpha value is -2.56. The number of rotatable bonds is 5. The fourth-order valence-electron chi connectivity index (χ4n) is 1.89. The minimum atomic E-state index is 0.567. The molecule has 0 spiro atoms. The molecule has 2 aromatic rings. The van der Waals surface area contributed by atoms with Crippen molar-refractivity contribution in [2.45, 2.75) is 0 Å². The number of hydrogen-bond acceptors (Lipinski definition) is 5. The van der Waals surface area contributed by atoms with E-state index in [-0.39, 0.29) is 0 Å². The molecule has 0 atom stereocenters. The van der Waals surface area contributed by atoms with Gasteiger partial charge < -0.3 is 25.3 Å². The maximum Gasteiger partial charge on any atom is 0.203 e. The average Bonchev–Trinajstić information content (AvgIpc) is 2.48. The molecule has 0 bridgehead atoms. The molecule has 5 nitrogen and oxygen atoms in total.